The molecule has 108 valence electrons. The zero-order valence-electron chi connectivity index (χ0n) is 11.5. The van der Waals surface area contributed by atoms with Gasteiger partial charge < -0.3 is 14.8 Å². The molecule has 1 aromatic carbocycles. The van der Waals surface area contributed by atoms with E-state index in [-0.39, 0.29) is 18.6 Å². The normalized spacial score (nSPS) is 19.4. The van der Waals surface area contributed by atoms with Crippen molar-refractivity contribution in [2.24, 2.45) is 0 Å². The van der Waals surface area contributed by atoms with Crippen molar-refractivity contribution in [1.82, 2.24) is 5.32 Å². The predicted octanol–water partition coefficient (Wildman–Crippen LogP) is 1.59. The first-order valence-electron chi connectivity index (χ1n) is 6.79. The molecule has 5 heteroatoms. The highest BCUT2D eigenvalue weighted by Crippen LogP contribution is 2.13. The fourth-order valence-electron chi connectivity index (χ4n) is 2.10. The van der Waals surface area contributed by atoms with Crippen molar-refractivity contribution >= 4 is 11.9 Å². The first-order valence-corrected chi connectivity index (χ1v) is 6.79. The number of carbonyl (C=O) groups is 2. The van der Waals surface area contributed by atoms with Crippen LogP contribution in [0.2, 0.25) is 0 Å². The van der Waals surface area contributed by atoms with Crippen molar-refractivity contribution in [3.8, 4) is 0 Å². The third kappa shape index (κ3) is 4.06. The Kier molecular flexibility index (Phi) is 5.12. The van der Waals surface area contributed by atoms with Crippen LogP contribution in [-0.2, 0) is 19.1 Å². The molecule has 1 amide bonds. The minimum absolute atomic E-state index is 0.120. The molecule has 0 aromatic heterocycles. The Morgan fingerprint density at radius 2 is 2.15 bits per heavy atom. The predicted molar refractivity (Wildman–Crippen MR) is 72.9 cm³/mol. The summed E-state index contributed by atoms with van der Waals surface area (Å²) in [7, 11) is 0. The maximum absolute atomic E-state index is 11.7. The minimum atomic E-state index is -0.505. The maximum Gasteiger partial charge on any atom is 0.335 e. The number of esters is 1. The summed E-state index contributed by atoms with van der Waals surface area (Å²) < 4.78 is 10.1. The molecule has 0 unspecified atom stereocenters. The number of carbonyl (C=O) groups excluding carboxylic acids is 2. The van der Waals surface area contributed by atoms with E-state index in [2.05, 4.69) is 5.32 Å². The Hall–Kier alpha value is -1.88. The van der Waals surface area contributed by atoms with Crippen LogP contribution < -0.4 is 5.32 Å². The molecule has 1 N–H and O–H groups in total. The first-order chi connectivity index (χ1) is 9.66. The number of hydrogen-bond donors (Lipinski definition) is 1. The standard InChI is InChI=1S/C15H19NO4/c1-11(12-6-3-2-4-7-12)16-14(17)10-20-15(18)13-8-5-9-19-13/h2-4,6-7,11,13H,5,8-10H2,1H3,(H,16,17)/t11-,13+/m0/s1. The highest BCUT2D eigenvalue weighted by Gasteiger charge is 2.25. The molecule has 1 aromatic rings. The average molecular weight is 277 g/mol. The van der Waals surface area contributed by atoms with Crippen LogP contribution in [0.25, 0.3) is 0 Å². The molecule has 1 aliphatic heterocycles. The third-order valence-electron chi connectivity index (χ3n) is 3.22. The topological polar surface area (TPSA) is 64.6 Å². The number of benzene rings is 1. The van der Waals surface area contributed by atoms with Crippen molar-refractivity contribution in [3.63, 3.8) is 0 Å². The van der Waals surface area contributed by atoms with Crippen molar-refractivity contribution in [3.05, 3.63) is 35.9 Å². The van der Waals surface area contributed by atoms with Crippen LogP contribution in [-0.4, -0.2) is 31.2 Å². The van der Waals surface area contributed by atoms with Crippen LogP contribution >= 0.6 is 0 Å². The molecule has 0 aliphatic carbocycles. The Bertz CT molecular complexity index is 454. The van der Waals surface area contributed by atoms with Gasteiger partial charge in [-0.2, -0.15) is 0 Å². The number of hydrogen-bond acceptors (Lipinski definition) is 4. The van der Waals surface area contributed by atoms with Gasteiger partial charge in [0.1, 0.15) is 0 Å². The molecule has 0 saturated carbocycles. The van der Waals surface area contributed by atoms with Crippen molar-refractivity contribution < 1.29 is 19.1 Å². The van der Waals surface area contributed by atoms with E-state index >= 15 is 0 Å². The second-order valence-corrected chi connectivity index (χ2v) is 4.81. The number of amides is 1. The summed E-state index contributed by atoms with van der Waals surface area (Å²) in [6.45, 7) is 2.20. The fourth-order valence-corrected chi connectivity index (χ4v) is 2.10. The van der Waals surface area contributed by atoms with Gasteiger partial charge in [0.25, 0.3) is 5.91 Å². The van der Waals surface area contributed by atoms with E-state index in [4.69, 9.17) is 9.47 Å². The van der Waals surface area contributed by atoms with Gasteiger partial charge in [0, 0.05) is 6.61 Å². The van der Waals surface area contributed by atoms with Gasteiger partial charge in [-0.05, 0) is 25.3 Å². The van der Waals surface area contributed by atoms with E-state index in [0.717, 1.165) is 12.0 Å². The molecule has 20 heavy (non-hydrogen) atoms. The Labute approximate surface area is 118 Å². The number of ether oxygens (including phenoxy) is 2. The maximum atomic E-state index is 11.7. The van der Waals surface area contributed by atoms with Crippen LogP contribution in [0, 0.1) is 0 Å². The second-order valence-electron chi connectivity index (χ2n) is 4.81. The van der Waals surface area contributed by atoms with E-state index in [1.165, 1.54) is 0 Å². The van der Waals surface area contributed by atoms with Gasteiger partial charge in [-0.25, -0.2) is 4.79 Å². The largest absolute Gasteiger partial charge is 0.454 e. The molecule has 5 nitrogen and oxygen atoms in total. The quantitative estimate of drug-likeness (QED) is 0.830. The van der Waals surface area contributed by atoms with E-state index in [0.29, 0.717) is 13.0 Å². The van der Waals surface area contributed by atoms with Gasteiger partial charge >= 0.3 is 5.97 Å². The zero-order chi connectivity index (χ0) is 14.4. The number of rotatable bonds is 5. The summed E-state index contributed by atoms with van der Waals surface area (Å²) in [4.78, 5) is 23.3. The lowest BCUT2D eigenvalue weighted by atomic mass is 10.1. The van der Waals surface area contributed by atoms with E-state index in [1.54, 1.807) is 0 Å². The lowest BCUT2D eigenvalue weighted by Crippen LogP contribution is -2.33. The van der Waals surface area contributed by atoms with Gasteiger partial charge in [0.15, 0.2) is 12.7 Å². The molecule has 1 heterocycles. The van der Waals surface area contributed by atoms with Gasteiger partial charge in [-0.1, -0.05) is 30.3 Å². The molecule has 1 fully saturated rings. The van der Waals surface area contributed by atoms with E-state index < -0.39 is 12.1 Å². The van der Waals surface area contributed by atoms with Crippen LogP contribution in [0.4, 0.5) is 0 Å². The minimum Gasteiger partial charge on any atom is -0.454 e. The Balaban J connectivity index is 1.73. The summed E-state index contributed by atoms with van der Waals surface area (Å²) in [6.07, 6.45) is 1.02. The fraction of sp³-hybridized carbons (Fsp3) is 0.467. The van der Waals surface area contributed by atoms with Crippen molar-refractivity contribution in [1.29, 1.82) is 0 Å². The molecule has 0 bridgehead atoms. The molecule has 2 rings (SSSR count). The van der Waals surface area contributed by atoms with Crippen molar-refractivity contribution in [2.45, 2.75) is 31.9 Å². The summed E-state index contributed by atoms with van der Waals surface area (Å²) in [5.41, 5.74) is 1.01. The lowest BCUT2D eigenvalue weighted by Gasteiger charge is -2.15. The summed E-state index contributed by atoms with van der Waals surface area (Å²) >= 11 is 0. The first kappa shape index (κ1) is 14.5. The summed E-state index contributed by atoms with van der Waals surface area (Å²) in [5, 5.41) is 2.79. The summed E-state index contributed by atoms with van der Waals surface area (Å²) in [5.74, 6) is -0.766. The lowest BCUT2D eigenvalue weighted by molar-refractivity contribution is -0.157. The molecule has 1 aliphatic rings. The van der Waals surface area contributed by atoms with Crippen LogP contribution in [0.3, 0.4) is 0 Å². The molecule has 1 saturated heterocycles. The highest BCUT2D eigenvalue weighted by atomic mass is 16.6. The van der Waals surface area contributed by atoms with Gasteiger partial charge in [-0.3, -0.25) is 4.79 Å². The number of nitrogens with one attached hydrogen (secondary N) is 1. The Morgan fingerprint density at radius 3 is 2.80 bits per heavy atom. The van der Waals surface area contributed by atoms with E-state index in [1.807, 2.05) is 37.3 Å². The van der Waals surface area contributed by atoms with Gasteiger partial charge in [0.05, 0.1) is 6.04 Å². The molecule has 2 atom stereocenters. The monoisotopic (exact) mass is 277 g/mol. The van der Waals surface area contributed by atoms with Crippen LogP contribution in [0.5, 0.6) is 0 Å². The zero-order valence-corrected chi connectivity index (χ0v) is 11.5. The van der Waals surface area contributed by atoms with Crippen LogP contribution in [0.1, 0.15) is 31.4 Å². The summed E-state index contributed by atoms with van der Waals surface area (Å²) in [6, 6.07) is 9.49. The van der Waals surface area contributed by atoms with Crippen LogP contribution in [0.15, 0.2) is 30.3 Å². The molecular weight excluding hydrogens is 258 g/mol. The molecule has 0 spiro atoms. The van der Waals surface area contributed by atoms with Crippen molar-refractivity contribution in [2.75, 3.05) is 13.2 Å². The Morgan fingerprint density at radius 1 is 1.40 bits per heavy atom. The smallest absolute Gasteiger partial charge is 0.335 e. The third-order valence-corrected chi connectivity index (χ3v) is 3.22. The molecule has 0 radical (unpaired) electrons. The van der Waals surface area contributed by atoms with Gasteiger partial charge in [0.2, 0.25) is 0 Å². The highest BCUT2D eigenvalue weighted by molar-refractivity contribution is 5.82. The second kappa shape index (κ2) is 7.05. The SMILES string of the molecule is C[C@H](NC(=O)COC(=O)[C@H]1CCCO1)c1ccccc1. The average Bonchev–Trinajstić information content (AvgIpc) is 3.00. The van der Waals surface area contributed by atoms with E-state index in [9.17, 15) is 9.59 Å². The van der Waals surface area contributed by atoms with Gasteiger partial charge in [-0.15, -0.1) is 0 Å². The molecular formula is C15H19NO4.